The smallest absolute Gasteiger partial charge is 0.130 e. The van der Waals surface area contributed by atoms with Crippen LogP contribution in [0, 0.1) is 6.92 Å². The first-order valence-corrected chi connectivity index (χ1v) is 8.13. The van der Waals surface area contributed by atoms with Crippen LogP contribution in [0.1, 0.15) is 37.4 Å². The number of aromatic nitrogens is 2. The molecule has 2 atom stereocenters. The van der Waals surface area contributed by atoms with Crippen LogP contribution in [0.4, 0.5) is 5.82 Å². The van der Waals surface area contributed by atoms with Gasteiger partial charge in [-0.25, -0.2) is 0 Å². The number of likely N-dealkylation sites (N-methyl/N-ethyl adjacent to an activating group) is 1. The molecule has 2 rings (SSSR count). The van der Waals surface area contributed by atoms with Gasteiger partial charge in [0.05, 0.1) is 5.69 Å². The van der Waals surface area contributed by atoms with Crippen molar-refractivity contribution in [3.05, 3.63) is 11.3 Å². The Balaban J connectivity index is 2.25. The molecule has 1 aliphatic rings. The summed E-state index contributed by atoms with van der Waals surface area (Å²) in [5.41, 5.74) is 8.66. The fraction of sp³-hybridized carbons (Fsp3) is 0.812. The maximum Gasteiger partial charge on any atom is 0.130 e. The van der Waals surface area contributed by atoms with Crippen LogP contribution >= 0.6 is 0 Å². The minimum absolute atomic E-state index is 0.223. The number of nitrogens with zero attached hydrogens (tertiary/aromatic N) is 4. The van der Waals surface area contributed by atoms with Crippen LogP contribution in [0.5, 0.6) is 0 Å². The van der Waals surface area contributed by atoms with Crippen molar-refractivity contribution in [1.82, 2.24) is 14.7 Å². The lowest BCUT2D eigenvalue weighted by molar-refractivity contribution is 0.256. The monoisotopic (exact) mass is 293 g/mol. The van der Waals surface area contributed by atoms with Crippen LogP contribution in [0.15, 0.2) is 0 Å². The average Bonchev–Trinajstić information content (AvgIpc) is 2.73. The Labute approximate surface area is 129 Å². The van der Waals surface area contributed by atoms with Gasteiger partial charge in [-0.2, -0.15) is 5.10 Å². The number of piperidine rings is 1. The van der Waals surface area contributed by atoms with Crippen LogP contribution in [-0.4, -0.2) is 53.9 Å². The molecule has 0 radical (unpaired) electrons. The van der Waals surface area contributed by atoms with Crippen molar-refractivity contribution >= 4 is 5.82 Å². The van der Waals surface area contributed by atoms with Crippen molar-refractivity contribution in [2.45, 2.75) is 51.6 Å². The SMILES string of the molecule is CCC(N)Cc1c(C)nn(C)c1N1CCCC(N(C)C)C1. The van der Waals surface area contributed by atoms with Crippen LogP contribution in [-0.2, 0) is 13.5 Å². The highest BCUT2D eigenvalue weighted by Gasteiger charge is 2.26. The highest BCUT2D eigenvalue weighted by atomic mass is 15.4. The molecule has 5 nitrogen and oxygen atoms in total. The Morgan fingerprint density at radius 3 is 2.76 bits per heavy atom. The molecule has 2 unspecified atom stereocenters. The molecule has 1 aromatic rings. The van der Waals surface area contributed by atoms with Gasteiger partial charge in [0.1, 0.15) is 5.82 Å². The summed E-state index contributed by atoms with van der Waals surface area (Å²) in [6.45, 7) is 6.46. The molecule has 1 aromatic heterocycles. The minimum atomic E-state index is 0.223. The third kappa shape index (κ3) is 3.58. The molecule has 1 fully saturated rings. The number of hydrogen-bond donors (Lipinski definition) is 1. The van der Waals surface area contributed by atoms with Gasteiger partial charge in [-0.3, -0.25) is 4.68 Å². The van der Waals surface area contributed by atoms with Crippen molar-refractivity contribution in [3.8, 4) is 0 Å². The highest BCUT2D eigenvalue weighted by Crippen LogP contribution is 2.28. The fourth-order valence-corrected chi connectivity index (χ4v) is 3.30. The summed E-state index contributed by atoms with van der Waals surface area (Å²) in [5.74, 6) is 1.28. The molecule has 2 N–H and O–H groups in total. The molecular formula is C16H31N5. The lowest BCUT2D eigenvalue weighted by Crippen LogP contribution is -2.46. The molecule has 0 aromatic carbocycles. The van der Waals surface area contributed by atoms with E-state index in [0.29, 0.717) is 6.04 Å². The Morgan fingerprint density at radius 1 is 1.43 bits per heavy atom. The Bertz CT molecular complexity index is 465. The summed E-state index contributed by atoms with van der Waals surface area (Å²) in [6, 6.07) is 0.850. The zero-order valence-corrected chi connectivity index (χ0v) is 14.3. The fourth-order valence-electron chi connectivity index (χ4n) is 3.30. The largest absolute Gasteiger partial charge is 0.355 e. The molecule has 21 heavy (non-hydrogen) atoms. The zero-order valence-electron chi connectivity index (χ0n) is 14.3. The third-order valence-electron chi connectivity index (χ3n) is 4.73. The van der Waals surface area contributed by atoms with E-state index in [0.717, 1.165) is 31.6 Å². The number of rotatable bonds is 5. The van der Waals surface area contributed by atoms with E-state index in [9.17, 15) is 0 Å². The number of nitrogens with two attached hydrogens (primary N) is 1. The van der Waals surface area contributed by atoms with Gasteiger partial charge in [-0.05, 0) is 46.7 Å². The first-order valence-electron chi connectivity index (χ1n) is 8.13. The van der Waals surface area contributed by atoms with Crippen LogP contribution in [0.25, 0.3) is 0 Å². The van der Waals surface area contributed by atoms with E-state index < -0.39 is 0 Å². The first-order chi connectivity index (χ1) is 9.93. The van der Waals surface area contributed by atoms with Crippen LogP contribution in [0.3, 0.4) is 0 Å². The standard InChI is InChI=1S/C16H31N5/c1-6-13(17)10-15-12(2)18-20(5)16(15)21-9-7-8-14(11-21)19(3)4/h13-14H,6-11,17H2,1-5H3. The third-order valence-corrected chi connectivity index (χ3v) is 4.73. The van der Waals surface area contributed by atoms with Crippen molar-refractivity contribution in [1.29, 1.82) is 0 Å². The van der Waals surface area contributed by atoms with Gasteiger partial charge in [0.25, 0.3) is 0 Å². The molecule has 0 amide bonds. The van der Waals surface area contributed by atoms with E-state index in [1.807, 2.05) is 4.68 Å². The van der Waals surface area contributed by atoms with E-state index in [2.05, 4.69) is 49.9 Å². The molecule has 120 valence electrons. The van der Waals surface area contributed by atoms with Gasteiger partial charge in [0.15, 0.2) is 0 Å². The van der Waals surface area contributed by atoms with Gasteiger partial charge in [0, 0.05) is 37.8 Å². The quantitative estimate of drug-likeness (QED) is 0.895. The summed E-state index contributed by atoms with van der Waals surface area (Å²) in [7, 11) is 6.41. The van der Waals surface area contributed by atoms with Gasteiger partial charge < -0.3 is 15.5 Å². The molecule has 1 aliphatic heterocycles. The number of anilines is 1. The molecular weight excluding hydrogens is 262 g/mol. The minimum Gasteiger partial charge on any atom is -0.355 e. The first kappa shape index (κ1) is 16.3. The molecule has 0 bridgehead atoms. The van der Waals surface area contributed by atoms with Crippen molar-refractivity contribution < 1.29 is 0 Å². The van der Waals surface area contributed by atoms with Crippen molar-refractivity contribution in [2.24, 2.45) is 12.8 Å². The summed E-state index contributed by atoms with van der Waals surface area (Å²) < 4.78 is 2.05. The molecule has 1 saturated heterocycles. The summed E-state index contributed by atoms with van der Waals surface area (Å²) in [6.07, 6.45) is 4.46. The normalized spacial score (nSPS) is 21.1. The lowest BCUT2D eigenvalue weighted by Gasteiger charge is -2.37. The van der Waals surface area contributed by atoms with E-state index in [4.69, 9.17) is 5.73 Å². The number of aryl methyl sites for hydroxylation is 2. The van der Waals surface area contributed by atoms with Crippen LogP contribution < -0.4 is 10.6 Å². The second-order valence-corrected chi connectivity index (χ2v) is 6.59. The average molecular weight is 293 g/mol. The molecule has 0 aliphatic carbocycles. The highest BCUT2D eigenvalue weighted by molar-refractivity contribution is 5.51. The predicted octanol–water partition coefficient (Wildman–Crippen LogP) is 1.54. The van der Waals surface area contributed by atoms with Crippen molar-refractivity contribution in [3.63, 3.8) is 0 Å². The molecule has 5 heteroatoms. The van der Waals surface area contributed by atoms with E-state index in [1.165, 1.54) is 24.2 Å². The Morgan fingerprint density at radius 2 is 2.14 bits per heavy atom. The second-order valence-electron chi connectivity index (χ2n) is 6.59. The van der Waals surface area contributed by atoms with E-state index in [-0.39, 0.29) is 6.04 Å². The van der Waals surface area contributed by atoms with E-state index in [1.54, 1.807) is 0 Å². The molecule has 0 spiro atoms. The summed E-state index contributed by atoms with van der Waals surface area (Å²) in [5, 5.41) is 4.65. The second kappa shape index (κ2) is 6.79. The zero-order chi connectivity index (χ0) is 15.6. The predicted molar refractivity (Wildman–Crippen MR) is 88.8 cm³/mol. The van der Waals surface area contributed by atoms with Gasteiger partial charge in [-0.1, -0.05) is 6.92 Å². The molecule has 2 heterocycles. The summed E-state index contributed by atoms with van der Waals surface area (Å²) in [4.78, 5) is 4.85. The Hall–Kier alpha value is -1.07. The maximum atomic E-state index is 6.19. The van der Waals surface area contributed by atoms with Crippen molar-refractivity contribution in [2.75, 3.05) is 32.1 Å². The van der Waals surface area contributed by atoms with Gasteiger partial charge in [-0.15, -0.1) is 0 Å². The van der Waals surface area contributed by atoms with Crippen LogP contribution in [0.2, 0.25) is 0 Å². The molecule has 0 saturated carbocycles. The summed E-state index contributed by atoms with van der Waals surface area (Å²) >= 11 is 0. The maximum absolute atomic E-state index is 6.19. The lowest BCUT2D eigenvalue weighted by atomic mass is 10.0. The van der Waals surface area contributed by atoms with Gasteiger partial charge >= 0.3 is 0 Å². The van der Waals surface area contributed by atoms with Gasteiger partial charge in [0.2, 0.25) is 0 Å². The Kier molecular flexibility index (Phi) is 5.27. The topological polar surface area (TPSA) is 50.3 Å². The van der Waals surface area contributed by atoms with E-state index >= 15 is 0 Å². The number of hydrogen-bond acceptors (Lipinski definition) is 4.